The lowest BCUT2D eigenvalue weighted by atomic mass is 9.94. The first-order chi connectivity index (χ1) is 14.8. The van der Waals surface area contributed by atoms with Crippen LogP contribution in [0.15, 0.2) is 29.2 Å². The molecule has 0 saturated carbocycles. The molecule has 1 aliphatic rings. The van der Waals surface area contributed by atoms with Gasteiger partial charge in [0.05, 0.1) is 0 Å². The van der Waals surface area contributed by atoms with E-state index >= 15 is 0 Å². The third-order valence-electron chi connectivity index (χ3n) is 4.87. The van der Waals surface area contributed by atoms with Crippen LogP contribution in [0.4, 0.5) is 0 Å². The fourth-order valence-corrected chi connectivity index (χ4v) is 3.76. The van der Waals surface area contributed by atoms with E-state index in [1.165, 1.54) is 6.42 Å². The summed E-state index contributed by atoms with van der Waals surface area (Å²) in [4.78, 5) is 27.9. The Bertz CT molecular complexity index is 626. The number of benzene rings is 1. The average molecular weight is 452 g/mol. The van der Waals surface area contributed by atoms with Gasteiger partial charge in [-0.2, -0.15) is 0 Å². The Morgan fingerprint density at radius 1 is 1.10 bits per heavy atom. The van der Waals surface area contributed by atoms with Crippen molar-refractivity contribution >= 4 is 24.1 Å². The van der Waals surface area contributed by atoms with Gasteiger partial charge in [-0.3, -0.25) is 19.2 Å². The molecule has 1 amide bonds. The van der Waals surface area contributed by atoms with Crippen molar-refractivity contribution in [2.45, 2.75) is 44.9 Å². The second-order valence-corrected chi connectivity index (χ2v) is 9.67. The largest absolute Gasteiger partial charge is 0.340 e. The molecule has 4 N–H and O–H groups in total. The van der Waals surface area contributed by atoms with Crippen molar-refractivity contribution in [1.29, 1.82) is 0 Å². The van der Waals surface area contributed by atoms with E-state index in [4.69, 9.17) is 5.73 Å². The van der Waals surface area contributed by atoms with Gasteiger partial charge in [-0.1, -0.05) is 39.3 Å². The van der Waals surface area contributed by atoms with Crippen LogP contribution in [0.5, 0.6) is 0 Å². The summed E-state index contributed by atoms with van der Waals surface area (Å²) in [7, 11) is 1.95. The van der Waals surface area contributed by atoms with Gasteiger partial charge in [0, 0.05) is 55.3 Å². The van der Waals surface area contributed by atoms with E-state index in [-0.39, 0.29) is 11.3 Å². The smallest absolute Gasteiger partial charge is 0.228 e. The Morgan fingerprint density at radius 2 is 1.74 bits per heavy atom. The second kappa shape index (κ2) is 15.4. The van der Waals surface area contributed by atoms with Crippen LogP contribution in [-0.2, 0) is 4.79 Å². The Kier molecular flexibility index (Phi) is 13.7. The van der Waals surface area contributed by atoms with E-state index in [9.17, 15) is 9.59 Å². The molecular formula is C23H41N5O2S. The maximum Gasteiger partial charge on any atom is 0.228 e. The molecule has 0 radical (unpaired) electrons. The van der Waals surface area contributed by atoms with Gasteiger partial charge < -0.3 is 16.0 Å². The number of hydrogen-bond donors (Lipinski definition) is 3. The molecule has 2 rings (SSSR count). The number of nitrogens with zero attached hydrogens (tertiary/aromatic N) is 2. The third kappa shape index (κ3) is 11.7. The van der Waals surface area contributed by atoms with Crippen LogP contribution in [0, 0.1) is 5.41 Å². The highest BCUT2D eigenvalue weighted by atomic mass is 32.2. The van der Waals surface area contributed by atoms with Crippen LogP contribution < -0.4 is 15.8 Å². The van der Waals surface area contributed by atoms with Crippen molar-refractivity contribution in [3.63, 3.8) is 0 Å². The fourth-order valence-electron chi connectivity index (χ4n) is 3.07. The van der Waals surface area contributed by atoms with Crippen LogP contribution in [0.3, 0.4) is 0 Å². The molecule has 1 aliphatic heterocycles. The number of unbranched alkanes of at least 4 members (excludes halogenated alkanes) is 2. The zero-order valence-corrected chi connectivity index (χ0v) is 20.5. The van der Waals surface area contributed by atoms with Crippen LogP contribution in [0.25, 0.3) is 0 Å². The Hall–Kier alpha value is -1.45. The molecule has 31 heavy (non-hydrogen) atoms. The predicted octanol–water partition coefficient (Wildman–Crippen LogP) is 2.58. The molecule has 8 heteroatoms. The average Bonchev–Trinajstić information content (AvgIpc) is 2.77. The van der Waals surface area contributed by atoms with Gasteiger partial charge in [-0.15, -0.1) is 0 Å². The minimum atomic E-state index is -0.245. The molecule has 1 fully saturated rings. The van der Waals surface area contributed by atoms with Crippen molar-refractivity contribution in [3.05, 3.63) is 29.8 Å². The monoisotopic (exact) mass is 451 g/mol. The molecule has 0 spiro atoms. The van der Waals surface area contributed by atoms with E-state index in [1.54, 1.807) is 11.9 Å². The molecule has 176 valence electrons. The number of amides is 1. The van der Waals surface area contributed by atoms with Gasteiger partial charge in [0.1, 0.15) is 6.29 Å². The van der Waals surface area contributed by atoms with Crippen molar-refractivity contribution in [1.82, 2.24) is 19.8 Å². The number of hydrogen-bond acceptors (Lipinski definition) is 7. The molecule has 1 saturated heterocycles. The lowest BCUT2D eigenvalue weighted by Crippen LogP contribution is -2.52. The molecular weight excluding hydrogens is 410 g/mol. The van der Waals surface area contributed by atoms with E-state index in [0.717, 1.165) is 70.0 Å². The van der Waals surface area contributed by atoms with Crippen LogP contribution in [0.2, 0.25) is 0 Å². The molecule has 0 atom stereocenters. The van der Waals surface area contributed by atoms with Gasteiger partial charge in [-0.05, 0) is 50.5 Å². The van der Waals surface area contributed by atoms with Crippen molar-refractivity contribution < 1.29 is 9.59 Å². The molecule has 1 aromatic carbocycles. The van der Waals surface area contributed by atoms with E-state index in [0.29, 0.717) is 5.56 Å². The van der Waals surface area contributed by atoms with Gasteiger partial charge in [0.15, 0.2) is 0 Å². The molecule has 0 unspecified atom stereocenters. The lowest BCUT2D eigenvalue weighted by Gasteiger charge is -2.37. The normalized spacial score (nSPS) is 14.7. The Labute approximate surface area is 192 Å². The predicted molar refractivity (Wildman–Crippen MR) is 130 cm³/mol. The summed E-state index contributed by atoms with van der Waals surface area (Å²) in [5.74, 6) is 0.270. The molecule has 0 aliphatic carbocycles. The van der Waals surface area contributed by atoms with Crippen LogP contribution in [-0.4, -0.2) is 75.0 Å². The number of carbonyl (C=O) groups excluding carboxylic acids is 2. The van der Waals surface area contributed by atoms with E-state index < -0.39 is 0 Å². The highest BCUT2D eigenvalue weighted by Crippen LogP contribution is 2.18. The quantitative estimate of drug-likeness (QED) is 0.286. The summed E-state index contributed by atoms with van der Waals surface area (Å²) in [6.45, 7) is 12.3. The molecule has 1 heterocycles. The lowest BCUT2D eigenvalue weighted by molar-refractivity contribution is -0.141. The first-order valence-electron chi connectivity index (χ1n) is 11.1. The number of piperazine rings is 1. The number of rotatable bonds is 10. The topological polar surface area (TPSA) is 90.7 Å². The van der Waals surface area contributed by atoms with Crippen molar-refractivity contribution in [2.75, 3.05) is 53.0 Å². The summed E-state index contributed by atoms with van der Waals surface area (Å²) < 4.78 is 3.29. The van der Waals surface area contributed by atoms with Gasteiger partial charge >= 0.3 is 0 Å². The zero-order chi connectivity index (χ0) is 23.1. The highest BCUT2D eigenvalue weighted by molar-refractivity contribution is 7.97. The summed E-state index contributed by atoms with van der Waals surface area (Å²) in [6.07, 6.45) is 4.28. The number of carbonyl (C=O) groups is 2. The Morgan fingerprint density at radius 3 is 2.26 bits per heavy atom. The highest BCUT2D eigenvalue weighted by Gasteiger charge is 2.29. The third-order valence-corrected chi connectivity index (χ3v) is 5.73. The second-order valence-electron chi connectivity index (χ2n) is 8.70. The van der Waals surface area contributed by atoms with E-state index in [1.807, 2.05) is 57.0 Å². The number of nitrogens with one attached hydrogen (secondary N) is 2. The van der Waals surface area contributed by atoms with Gasteiger partial charge in [0.2, 0.25) is 5.91 Å². The first kappa shape index (κ1) is 27.6. The van der Waals surface area contributed by atoms with Crippen molar-refractivity contribution in [3.8, 4) is 0 Å². The van der Waals surface area contributed by atoms with Gasteiger partial charge in [0.25, 0.3) is 0 Å². The van der Waals surface area contributed by atoms with Crippen LogP contribution in [0.1, 0.15) is 50.4 Å². The first-order valence-corrected chi connectivity index (χ1v) is 11.9. The van der Waals surface area contributed by atoms with Crippen LogP contribution >= 0.6 is 11.9 Å². The number of nitrogens with two attached hydrogens (primary N) is 1. The molecule has 1 aromatic rings. The summed E-state index contributed by atoms with van der Waals surface area (Å²) in [5, 5.41) is 3.13. The molecule has 7 nitrogen and oxygen atoms in total. The number of aldehydes is 1. The van der Waals surface area contributed by atoms with E-state index in [2.05, 4.69) is 14.9 Å². The summed E-state index contributed by atoms with van der Waals surface area (Å²) in [5.41, 5.74) is 5.88. The van der Waals surface area contributed by atoms with Crippen molar-refractivity contribution in [2.24, 2.45) is 11.1 Å². The Balaban J connectivity index is 0.000000311. The minimum absolute atomic E-state index is 0.245. The van der Waals surface area contributed by atoms with Gasteiger partial charge in [-0.25, -0.2) is 0 Å². The summed E-state index contributed by atoms with van der Waals surface area (Å²) >= 11 is 1.60. The SMILES string of the molecule is CNCN1CCN(C(=O)C(C)(C)C)CC1.NCCCCCNSc1ccc(C=O)cc1. The fraction of sp³-hybridized carbons (Fsp3) is 0.652. The molecule has 0 bridgehead atoms. The zero-order valence-electron chi connectivity index (χ0n) is 19.7. The minimum Gasteiger partial charge on any atom is -0.340 e. The maximum atomic E-state index is 12.0. The maximum absolute atomic E-state index is 12.0. The standard InChI is InChI=1S/C12H18N2OS.C11H23N3O/c13-8-2-1-3-9-14-16-12-6-4-11(10-15)5-7-12;1-11(2,3)10(15)14-7-5-13(6-8-14)9-12-4/h4-7,10,14H,1-3,8-9,13H2;12H,5-9H2,1-4H3. The summed E-state index contributed by atoms with van der Waals surface area (Å²) in [6, 6.07) is 7.54. The molecule has 0 aromatic heterocycles.